The molecule has 0 bridgehead atoms. The average Bonchev–Trinajstić information content (AvgIpc) is 3.17. The van der Waals surface area contributed by atoms with Crippen LogP contribution < -0.4 is 5.32 Å². The molecule has 0 aliphatic carbocycles. The van der Waals surface area contributed by atoms with Crippen LogP contribution in [-0.2, 0) is 9.53 Å². The first-order valence-electron chi connectivity index (χ1n) is 9.12. The topological polar surface area (TPSA) is 93.5 Å². The van der Waals surface area contributed by atoms with Gasteiger partial charge in [0.15, 0.2) is 0 Å². The maximum Gasteiger partial charge on any atom is 0.341 e. The van der Waals surface area contributed by atoms with Gasteiger partial charge < -0.3 is 15.0 Å². The second-order valence-corrected chi connectivity index (χ2v) is 8.23. The zero-order chi connectivity index (χ0) is 21.9. The average molecular weight is 441 g/mol. The Labute approximate surface area is 178 Å². The minimum Gasteiger partial charge on any atom is -0.462 e. The van der Waals surface area contributed by atoms with Gasteiger partial charge in [0, 0.05) is 20.3 Å². The van der Waals surface area contributed by atoms with Gasteiger partial charge in [0.25, 0.3) is 5.91 Å². The number of carbonyl (C=O) groups excluding carboxylic acids is 3. The Morgan fingerprint density at radius 1 is 1.34 bits per heavy atom. The predicted octanol–water partition coefficient (Wildman–Crippen LogP) is 3.68. The molecule has 0 fully saturated rings. The molecule has 2 rings (SSSR count). The lowest BCUT2D eigenvalue weighted by Crippen LogP contribution is -2.24. The highest BCUT2D eigenvalue weighted by Gasteiger charge is 2.28. The molecule has 1 unspecified atom stereocenters. The van der Waals surface area contributed by atoms with Gasteiger partial charge in [0.1, 0.15) is 11.0 Å². The van der Waals surface area contributed by atoms with E-state index in [0.29, 0.717) is 27.6 Å². The van der Waals surface area contributed by atoms with Crippen LogP contribution in [-0.4, -0.2) is 53.2 Å². The van der Waals surface area contributed by atoms with Crippen LogP contribution in [0.3, 0.4) is 0 Å². The lowest BCUT2D eigenvalue weighted by atomic mass is 10.1. The van der Waals surface area contributed by atoms with E-state index in [1.165, 1.54) is 9.58 Å². The first-order chi connectivity index (χ1) is 13.6. The van der Waals surface area contributed by atoms with Gasteiger partial charge in [-0.1, -0.05) is 18.5 Å². The molecule has 158 valence electrons. The van der Waals surface area contributed by atoms with E-state index in [0.717, 1.165) is 11.3 Å². The summed E-state index contributed by atoms with van der Waals surface area (Å²) in [6.45, 7) is 7.22. The fourth-order valence-corrected chi connectivity index (χ4v) is 3.87. The quantitative estimate of drug-likeness (QED) is 0.663. The number of aryl methyl sites for hydroxylation is 1. The minimum absolute atomic E-state index is 0.198. The predicted molar refractivity (Wildman–Crippen MR) is 113 cm³/mol. The van der Waals surface area contributed by atoms with Crippen LogP contribution >= 0.6 is 22.9 Å². The first kappa shape index (κ1) is 22.9. The fraction of sp³-hybridized carbons (Fsp3) is 0.474. The number of halogens is 1. The van der Waals surface area contributed by atoms with E-state index in [4.69, 9.17) is 16.3 Å². The summed E-state index contributed by atoms with van der Waals surface area (Å²) in [5.41, 5.74) is 1.29. The van der Waals surface area contributed by atoms with Crippen molar-refractivity contribution in [3.63, 3.8) is 0 Å². The molecule has 2 aromatic heterocycles. The minimum atomic E-state index is -0.670. The Morgan fingerprint density at radius 2 is 2.00 bits per heavy atom. The van der Waals surface area contributed by atoms with Gasteiger partial charge in [0.2, 0.25) is 5.91 Å². The number of aromatic nitrogens is 2. The van der Waals surface area contributed by atoms with Crippen LogP contribution in [0.5, 0.6) is 0 Å². The van der Waals surface area contributed by atoms with E-state index in [1.807, 2.05) is 6.92 Å². The van der Waals surface area contributed by atoms with Crippen molar-refractivity contribution in [3.05, 3.63) is 32.9 Å². The van der Waals surface area contributed by atoms with Gasteiger partial charge in [-0.25, -0.2) is 4.79 Å². The third kappa shape index (κ3) is 4.97. The Hall–Kier alpha value is -2.39. The molecule has 0 saturated carbocycles. The number of nitrogens with one attached hydrogen (secondary N) is 1. The van der Waals surface area contributed by atoms with Gasteiger partial charge in [0.05, 0.1) is 27.8 Å². The molecule has 10 heteroatoms. The second kappa shape index (κ2) is 9.41. The maximum absolute atomic E-state index is 12.8. The van der Waals surface area contributed by atoms with Crippen molar-refractivity contribution in [2.45, 2.75) is 40.2 Å². The highest BCUT2D eigenvalue weighted by molar-refractivity contribution is 7.18. The summed E-state index contributed by atoms with van der Waals surface area (Å²) in [4.78, 5) is 39.7. The second-order valence-electron chi connectivity index (χ2n) is 6.80. The van der Waals surface area contributed by atoms with Gasteiger partial charge in [-0.15, -0.1) is 11.3 Å². The van der Waals surface area contributed by atoms with Crippen LogP contribution in [0.2, 0.25) is 5.02 Å². The molecule has 0 radical (unpaired) electrons. The van der Waals surface area contributed by atoms with Crippen molar-refractivity contribution in [2.75, 3.05) is 26.0 Å². The fourth-order valence-electron chi connectivity index (χ4n) is 2.52. The molecule has 2 heterocycles. The Morgan fingerprint density at radius 3 is 2.52 bits per heavy atom. The Bertz CT molecular complexity index is 916. The molecule has 0 spiro atoms. The molecule has 29 heavy (non-hydrogen) atoms. The maximum atomic E-state index is 12.8. The number of nitrogens with zero attached hydrogens (tertiary/aromatic N) is 3. The molecule has 2 aromatic rings. The van der Waals surface area contributed by atoms with Crippen LogP contribution in [0.4, 0.5) is 5.00 Å². The van der Waals surface area contributed by atoms with Crippen molar-refractivity contribution >= 4 is 45.7 Å². The van der Waals surface area contributed by atoms with E-state index in [-0.39, 0.29) is 29.0 Å². The summed E-state index contributed by atoms with van der Waals surface area (Å²) in [5, 5.41) is 7.71. The number of hydrogen-bond donors (Lipinski definition) is 1. The molecule has 2 amide bonds. The van der Waals surface area contributed by atoms with E-state index in [9.17, 15) is 14.4 Å². The molecule has 0 aromatic carbocycles. The molecule has 0 aliphatic heterocycles. The summed E-state index contributed by atoms with van der Waals surface area (Å²) in [7, 11) is 3.25. The molecular weight excluding hydrogens is 416 g/mol. The zero-order valence-corrected chi connectivity index (χ0v) is 18.9. The number of ether oxygens (including phenoxy) is 1. The Balaban J connectivity index is 2.38. The summed E-state index contributed by atoms with van der Waals surface area (Å²) < 4.78 is 6.71. The Kier molecular flexibility index (Phi) is 7.43. The standard InChI is InChI=1S/C19H25ClN4O4S/c1-7-8-28-19(27)14-10(2)15(18(26)23(5)6)29-17(14)21-16(25)12(4)24-9-13(20)11(3)22-24/h9,12H,7-8H2,1-6H3,(H,21,25). The van der Waals surface area contributed by atoms with E-state index >= 15 is 0 Å². The monoisotopic (exact) mass is 440 g/mol. The van der Waals surface area contributed by atoms with Gasteiger partial charge in [-0.2, -0.15) is 5.10 Å². The van der Waals surface area contributed by atoms with Crippen LogP contribution in [0.1, 0.15) is 57.6 Å². The molecular formula is C19H25ClN4O4S. The number of amides is 2. The zero-order valence-electron chi connectivity index (χ0n) is 17.3. The first-order valence-corrected chi connectivity index (χ1v) is 10.3. The summed E-state index contributed by atoms with van der Waals surface area (Å²) in [5.74, 6) is -1.21. The van der Waals surface area contributed by atoms with Gasteiger partial charge >= 0.3 is 5.97 Å². The van der Waals surface area contributed by atoms with Crippen molar-refractivity contribution in [3.8, 4) is 0 Å². The number of anilines is 1. The molecule has 0 aliphatic rings. The van der Waals surface area contributed by atoms with Crippen LogP contribution in [0, 0.1) is 13.8 Å². The van der Waals surface area contributed by atoms with Gasteiger partial charge in [-0.3, -0.25) is 14.3 Å². The lowest BCUT2D eigenvalue weighted by molar-refractivity contribution is -0.119. The SMILES string of the molecule is CCCOC(=O)c1c(NC(=O)C(C)n2cc(Cl)c(C)n2)sc(C(=O)N(C)C)c1C. The van der Waals surface area contributed by atoms with Crippen molar-refractivity contribution in [1.82, 2.24) is 14.7 Å². The highest BCUT2D eigenvalue weighted by atomic mass is 35.5. The lowest BCUT2D eigenvalue weighted by Gasteiger charge is -2.13. The molecule has 8 nitrogen and oxygen atoms in total. The number of rotatable bonds is 7. The number of hydrogen-bond acceptors (Lipinski definition) is 6. The third-order valence-electron chi connectivity index (χ3n) is 4.26. The smallest absolute Gasteiger partial charge is 0.341 e. The largest absolute Gasteiger partial charge is 0.462 e. The summed E-state index contributed by atoms with van der Waals surface area (Å²) in [6, 6.07) is -0.670. The number of esters is 1. The van der Waals surface area contributed by atoms with Crippen molar-refractivity contribution in [1.29, 1.82) is 0 Å². The van der Waals surface area contributed by atoms with E-state index in [2.05, 4.69) is 10.4 Å². The molecule has 0 saturated heterocycles. The van der Waals surface area contributed by atoms with Crippen molar-refractivity contribution in [2.24, 2.45) is 0 Å². The number of thiophene rings is 1. The van der Waals surface area contributed by atoms with E-state index < -0.39 is 12.0 Å². The number of carbonyl (C=O) groups is 3. The normalized spacial score (nSPS) is 11.8. The third-order valence-corrected chi connectivity index (χ3v) is 5.82. The molecule has 1 atom stereocenters. The van der Waals surface area contributed by atoms with Crippen molar-refractivity contribution < 1.29 is 19.1 Å². The van der Waals surface area contributed by atoms with Crippen LogP contribution in [0.25, 0.3) is 0 Å². The van der Waals surface area contributed by atoms with E-state index in [1.54, 1.807) is 41.1 Å². The summed E-state index contributed by atoms with van der Waals surface area (Å²) in [6.07, 6.45) is 2.23. The van der Waals surface area contributed by atoms with Gasteiger partial charge in [-0.05, 0) is 32.8 Å². The highest BCUT2D eigenvalue weighted by Crippen LogP contribution is 2.35. The van der Waals surface area contributed by atoms with Crippen LogP contribution in [0.15, 0.2) is 6.20 Å². The summed E-state index contributed by atoms with van der Waals surface area (Å²) >= 11 is 7.08. The molecule has 1 N–H and O–H groups in total.